The van der Waals surface area contributed by atoms with Crippen molar-refractivity contribution in [3.8, 4) is 0 Å². The number of hydrogen-bond donors (Lipinski definition) is 1. The van der Waals surface area contributed by atoms with Crippen molar-refractivity contribution in [2.45, 2.75) is 64.7 Å². The Kier molecular flexibility index (Phi) is 15.9. The average molecular weight is 373 g/mol. The van der Waals surface area contributed by atoms with E-state index in [4.69, 9.17) is 10.5 Å². The van der Waals surface area contributed by atoms with E-state index in [-0.39, 0.29) is 52.1 Å². The second kappa shape index (κ2) is 11.2. The van der Waals surface area contributed by atoms with E-state index in [1.807, 2.05) is 39.8 Å². The first kappa shape index (κ1) is 29.6. The van der Waals surface area contributed by atoms with Gasteiger partial charge < -0.3 is 40.4 Å². The van der Waals surface area contributed by atoms with Crippen LogP contribution in [0.3, 0.4) is 0 Å². The SMILES string of the molecule is CC(C)(C)[NH-].COC(C)(C1=CC=CC1)C(C)(C)O.[Cl-].[Cl-].[Ti+3]. The van der Waals surface area contributed by atoms with Crippen molar-refractivity contribution >= 4 is 0 Å². The summed E-state index contributed by atoms with van der Waals surface area (Å²) in [5.74, 6) is 0. The summed E-state index contributed by atoms with van der Waals surface area (Å²) in [6.07, 6.45) is 6.95. The van der Waals surface area contributed by atoms with Gasteiger partial charge in [-0.1, -0.05) is 39.0 Å². The molecule has 0 amide bonds. The summed E-state index contributed by atoms with van der Waals surface area (Å²) in [7, 11) is 1.64. The molecule has 0 bridgehead atoms. The van der Waals surface area contributed by atoms with Crippen molar-refractivity contribution in [1.29, 1.82) is 0 Å². The van der Waals surface area contributed by atoms with Crippen LogP contribution in [-0.2, 0) is 26.5 Å². The number of aliphatic hydroxyl groups is 1. The van der Waals surface area contributed by atoms with Gasteiger partial charge in [-0.3, -0.25) is 0 Å². The zero-order valence-corrected chi connectivity index (χ0v) is 17.1. The first-order valence-corrected chi connectivity index (χ1v) is 6.30. The molecule has 3 nitrogen and oxygen atoms in total. The van der Waals surface area contributed by atoms with Crippen LogP contribution in [0.4, 0.5) is 0 Å². The molecular formula is C15H28Cl2NO2Ti. The fourth-order valence-electron chi connectivity index (χ4n) is 1.57. The maximum absolute atomic E-state index is 10.0. The van der Waals surface area contributed by atoms with Crippen LogP contribution in [0.15, 0.2) is 23.8 Å². The van der Waals surface area contributed by atoms with E-state index < -0.39 is 11.2 Å². The molecule has 0 aromatic rings. The summed E-state index contributed by atoms with van der Waals surface area (Å²) in [6, 6.07) is 0. The summed E-state index contributed by atoms with van der Waals surface area (Å²) in [5.41, 5.74) is 6.37. The molecule has 21 heavy (non-hydrogen) atoms. The maximum Gasteiger partial charge on any atom is 3.00 e. The summed E-state index contributed by atoms with van der Waals surface area (Å²) in [5, 5.41) is 10.0. The average Bonchev–Trinajstić information content (AvgIpc) is 2.64. The third kappa shape index (κ3) is 10.9. The predicted octanol–water partition coefficient (Wildman–Crippen LogP) is -2.11. The topological polar surface area (TPSA) is 53.3 Å². The first-order chi connectivity index (χ1) is 7.92. The molecule has 0 saturated carbocycles. The Balaban J connectivity index is -0.000000159. The Morgan fingerprint density at radius 3 is 1.67 bits per heavy atom. The van der Waals surface area contributed by atoms with Crippen molar-refractivity contribution in [1.82, 2.24) is 0 Å². The van der Waals surface area contributed by atoms with E-state index in [9.17, 15) is 5.11 Å². The van der Waals surface area contributed by atoms with E-state index in [0.29, 0.717) is 0 Å². The van der Waals surface area contributed by atoms with Crippen LogP contribution >= 0.6 is 0 Å². The van der Waals surface area contributed by atoms with E-state index in [1.165, 1.54) is 0 Å². The third-order valence-corrected chi connectivity index (χ3v) is 2.96. The van der Waals surface area contributed by atoms with Crippen LogP contribution in [0.1, 0.15) is 48.0 Å². The zero-order chi connectivity index (χ0) is 14.6. The predicted molar refractivity (Wildman–Crippen MR) is 77.6 cm³/mol. The Morgan fingerprint density at radius 1 is 1.10 bits per heavy atom. The normalized spacial score (nSPS) is 16.1. The van der Waals surface area contributed by atoms with E-state index >= 15 is 0 Å². The largest absolute Gasteiger partial charge is 3.00 e. The number of allylic oxidation sites excluding steroid dienone is 3. The Bertz CT molecular complexity index is 328. The number of hydrogen-bond acceptors (Lipinski definition) is 2. The second-order valence-corrected chi connectivity index (χ2v) is 6.37. The van der Waals surface area contributed by atoms with Gasteiger partial charge in [-0.15, -0.1) is 5.54 Å². The van der Waals surface area contributed by atoms with E-state index in [0.717, 1.165) is 12.0 Å². The van der Waals surface area contributed by atoms with Gasteiger partial charge in [-0.05, 0) is 32.8 Å². The number of nitrogens with one attached hydrogen (secondary N) is 1. The molecule has 0 heterocycles. The number of rotatable bonds is 3. The van der Waals surface area contributed by atoms with Gasteiger partial charge in [0.05, 0.1) is 5.60 Å². The number of ether oxygens (including phenoxy) is 1. The van der Waals surface area contributed by atoms with Gasteiger partial charge in [0, 0.05) is 7.11 Å². The van der Waals surface area contributed by atoms with Gasteiger partial charge in [-0.2, -0.15) is 0 Å². The minimum atomic E-state index is -0.862. The van der Waals surface area contributed by atoms with Crippen LogP contribution in [0.5, 0.6) is 0 Å². The summed E-state index contributed by atoms with van der Waals surface area (Å²) < 4.78 is 5.43. The molecule has 1 atom stereocenters. The second-order valence-electron chi connectivity index (χ2n) is 6.37. The Labute approximate surface area is 157 Å². The van der Waals surface area contributed by atoms with Crippen LogP contribution < -0.4 is 24.8 Å². The third-order valence-electron chi connectivity index (χ3n) is 2.96. The molecule has 0 saturated heterocycles. The molecule has 1 aliphatic carbocycles. The first-order valence-electron chi connectivity index (χ1n) is 6.30. The summed E-state index contributed by atoms with van der Waals surface area (Å²) in [6.45, 7) is 11.0. The minimum Gasteiger partial charge on any atom is -1.00 e. The molecule has 123 valence electrons. The van der Waals surface area contributed by atoms with Crippen molar-refractivity contribution in [2.75, 3.05) is 7.11 Å². The van der Waals surface area contributed by atoms with Gasteiger partial charge >= 0.3 is 21.7 Å². The molecule has 0 spiro atoms. The van der Waals surface area contributed by atoms with Gasteiger partial charge in [0.25, 0.3) is 0 Å². The monoisotopic (exact) mass is 372 g/mol. The van der Waals surface area contributed by atoms with Crippen molar-refractivity contribution in [2.24, 2.45) is 0 Å². The number of methoxy groups -OCH3 is 1. The summed E-state index contributed by atoms with van der Waals surface area (Å²) in [4.78, 5) is 0. The van der Waals surface area contributed by atoms with Gasteiger partial charge in [-0.25, -0.2) is 0 Å². The molecule has 0 aromatic heterocycles. The molecule has 1 unspecified atom stereocenters. The minimum absolute atomic E-state index is 0. The quantitative estimate of drug-likeness (QED) is 0.576. The molecule has 0 fully saturated rings. The van der Waals surface area contributed by atoms with Crippen LogP contribution in [0.2, 0.25) is 0 Å². The van der Waals surface area contributed by atoms with E-state index in [1.54, 1.807) is 21.0 Å². The fraction of sp³-hybridized carbons (Fsp3) is 0.733. The van der Waals surface area contributed by atoms with Crippen molar-refractivity contribution < 1.29 is 56.4 Å². The molecule has 0 aromatic carbocycles. The van der Waals surface area contributed by atoms with Crippen molar-refractivity contribution in [3.05, 3.63) is 29.5 Å². The van der Waals surface area contributed by atoms with Crippen molar-refractivity contribution in [3.63, 3.8) is 0 Å². The molecule has 6 heteroatoms. The van der Waals surface area contributed by atoms with E-state index in [2.05, 4.69) is 6.08 Å². The van der Waals surface area contributed by atoms with Crippen LogP contribution in [0.25, 0.3) is 5.73 Å². The zero-order valence-electron chi connectivity index (χ0n) is 14.1. The van der Waals surface area contributed by atoms with Crippen LogP contribution in [0, 0.1) is 0 Å². The van der Waals surface area contributed by atoms with Gasteiger partial charge in [0.1, 0.15) is 5.60 Å². The number of halogens is 2. The molecule has 1 rings (SSSR count). The van der Waals surface area contributed by atoms with Crippen LogP contribution in [-0.4, -0.2) is 29.0 Å². The molecule has 1 aliphatic rings. The molecule has 1 radical (unpaired) electrons. The van der Waals surface area contributed by atoms with Gasteiger partial charge in [0.2, 0.25) is 0 Å². The Morgan fingerprint density at radius 2 is 1.48 bits per heavy atom. The Hall–Kier alpha value is 0.654. The fourth-order valence-corrected chi connectivity index (χ4v) is 1.57. The molecule has 2 N–H and O–H groups in total. The molecule has 0 aliphatic heterocycles. The maximum atomic E-state index is 10.0. The smallest absolute Gasteiger partial charge is 1.00 e. The molecular weight excluding hydrogens is 345 g/mol. The van der Waals surface area contributed by atoms with Gasteiger partial charge in [0.15, 0.2) is 0 Å². The standard InChI is InChI=1S/C11H18O2.C4H10N.2ClH.Ti/c1-10(2,12)11(3,13-4)9-7-5-6-8-9;1-4(2,3)5;;;/h5-7,12H,8H2,1-4H3;5H,1-3H3;2*1H;/q;-1;;;+3/p-2. The summed E-state index contributed by atoms with van der Waals surface area (Å²) >= 11 is 0.